The number of anilines is 1. The first-order chi connectivity index (χ1) is 19.9. The lowest BCUT2D eigenvalue weighted by molar-refractivity contribution is -0.128. The van der Waals surface area contributed by atoms with Crippen LogP contribution in [0.1, 0.15) is 12.7 Å². The zero-order valence-electron chi connectivity index (χ0n) is 22.7. The number of hydrogen-bond donors (Lipinski definition) is 2. The Morgan fingerprint density at radius 1 is 0.829 bits per heavy atom. The lowest BCUT2D eigenvalue weighted by Gasteiger charge is -2.36. The average Bonchev–Trinajstić information content (AvgIpc) is 3.57. The van der Waals surface area contributed by atoms with Crippen LogP contribution in [0.15, 0.2) is 60.7 Å². The second-order valence-electron chi connectivity index (χ2n) is 10.0. The lowest BCUT2D eigenvalue weighted by atomic mass is 10.2. The number of para-hydroxylation sites is 2. The second-order valence-corrected chi connectivity index (χ2v) is 10.0. The second kappa shape index (κ2) is 11.3. The third kappa shape index (κ3) is 6.09. The van der Waals surface area contributed by atoms with Crippen LogP contribution in [0.2, 0.25) is 0 Å². The number of nitrogens with zero attached hydrogens (tertiary/aromatic N) is 4. The number of H-pyrrole nitrogens is 2. The molecule has 2 N–H and O–H groups in total. The molecule has 0 amide bonds. The van der Waals surface area contributed by atoms with Crippen molar-refractivity contribution in [3.8, 4) is 22.9 Å². The summed E-state index contributed by atoms with van der Waals surface area (Å²) in [6.45, 7) is 7.13. The fraction of sp³-hybridized carbons (Fsp3) is 0.333. The van der Waals surface area contributed by atoms with Gasteiger partial charge in [0.15, 0.2) is 0 Å². The highest BCUT2D eigenvalue weighted by Crippen LogP contribution is 2.30. The van der Waals surface area contributed by atoms with Crippen LogP contribution in [0.3, 0.4) is 0 Å². The van der Waals surface area contributed by atoms with Crippen LogP contribution in [0.25, 0.3) is 33.5 Å². The van der Waals surface area contributed by atoms with E-state index in [1.54, 1.807) is 18.2 Å². The number of rotatable bonds is 9. The Morgan fingerprint density at radius 2 is 1.56 bits per heavy atom. The molecule has 0 unspecified atom stereocenters. The van der Waals surface area contributed by atoms with E-state index in [1.165, 1.54) is 0 Å². The average molecular weight is 565 g/mol. The van der Waals surface area contributed by atoms with E-state index in [4.69, 9.17) is 14.5 Å². The van der Waals surface area contributed by atoms with Crippen LogP contribution >= 0.6 is 0 Å². The summed E-state index contributed by atoms with van der Waals surface area (Å²) >= 11 is 0. The maximum Gasteiger partial charge on any atom is 0.396 e. The van der Waals surface area contributed by atoms with Gasteiger partial charge in [-0.25, -0.2) is 9.97 Å². The van der Waals surface area contributed by atoms with Crippen molar-refractivity contribution in [2.75, 3.05) is 50.8 Å². The number of alkyl halides is 3. The topological polar surface area (TPSA) is 82.3 Å². The normalized spacial score (nSPS) is 14.7. The molecule has 0 radical (unpaired) electrons. The Morgan fingerprint density at radius 3 is 2.29 bits per heavy atom. The van der Waals surface area contributed by atoms with Gasteiger partial charge in [0.2, 0.25) is 0 Å². The molecule has 0 saturated carbocycles. The number of ether oxygens (including phenoxy) is 2. The minimum absolute atomic E-state index is 0.113. The third-order valence-electron chi connectivity index (χ3n) is 7.20. The van der Waals surface area contributed by atoms with Crippen LogP contribution in [0, 0.1) is 0 Å². The van der Waals surface area contributed by atoms with Gasteiger partial charge < -0.3 is 24.3 Å². The molecule has 0 spiro atoms. The number of fused-ring (bicyclic) bond motifs is 2. The summed E-state index contributed by atoms with van der Waals surface area (Å²) in [5, 5.41) is 0. The van der Waals surface area contributed by atoms with Gasteiger partial charge in [0, 0.05) is 38.3 Å². The predicted octanol–water partition coefficient (Wildman–Crippen LogP) is 5.81. The molecular formula is C30H31F3N6O2. The minimum atomic E-state index is -4.32. The van der Waals surface area contributed by atoms with E-state index in [1.807, 2.05) is 43.3 Å². The Labute approximate surface area is 235 Å². The SMILES string of the molecule is CCOc1ccc(-c2nc3c(N4CCN(CCOc5cccc6[nH]c(CC(F)(F)F)nc56)CC4)cccc3[nH]2)cc1. The van der Waals surface area contributed by atoms with Crippen molar-refractivity contribution >= 4 is 27.8 Å². The first kappa shape index (κ1) is 26.9. The first-order valence-corrected chi connectivity index (χ1v) is 13.7. The summed E-state index contributed by atoms with van der Waals surface area (Å²) in [6, 6.07) is 19.3. The number of hydrogen-bond acceptors (Lipinski definition) is 6. The smallest absolute Gasteiger partial charge is 0.396 e. The maximum absolute atomic E-state index is 12.8. The summed E-state index contributed by atoms with van der Waals surface area (Å²) in [5.41, 5.74) is 5.01. The van der Waals surface area contributed by atoms with E-state index < -0.39 is 12.6 Å². The van der Waals surface area contributed by atoms with Crippen molar-refractivity contribution in [2.45, 2.75) is 19.5 Å². The molecule has 1 aliphatic heterocycles. The Kier molecular flexibility index (Phi) is 7.44. The molecule has 1 aliphatic rings. The van der Waals surface area contributed by atoms with E-state index in [0.717, 1.165) is 60.0 Å². The van der Waals surface area contributed by atoms with E-state index in [9.17, 15) is 13.2 Å². The van der Waals surface area contributed by atoms with Gasteiger partial charge in [0.25, 0.3) is 0 Å². The molecule has 5 aromatic rings. The number of halogens is 3. The van der Waals surface area contributed by atoms with E-state index in [-0.39, 0.29) is 5.82 Å². The van der Waals surface area contributed by atoms with Crippen LogP contribution in [0.5, 0.6) is 11.5 Å². The number of aromatic nitrogens is 4. The van der Waals surface area contributed by atoms with Crippen LogP contribution in [-0.4, -0.2) is 76.9 Å². The van der Waals surface area contributed by atoms with Gasteiger partial charge in [-0.15, -0.1) is 0 Å². The molecular weight excluding hydrogens is 533 g/mol. The van der Waals surface area contributed by atoms with Gasteiger partial charge in [-0.1, -0.05) is 12.1 Å². The molecule has 8 nitrogen and oxygen atoms in total. The number of aromatic amines is 2. The first-order valence-electron chi connectivity index (χ1n) is 13.7. The summed E-state index contributed by atoms with van der Waals surface area (Å²) in [6.07, 6.45) is -5.42. The maximum atomic E-state index is 12.8. The fourth-order valence-corrected chi connectivity index (χ4v) is 5.23. The number of benzene rings is 3. The summed E-state index contributed by atoms with van der Waals surface area (Å²) < 4.78 is 49.9. The zero-order valence-corrected chi connectivity index (χ0v) is 22.7. The van der Waals surface area contributed by atoms with Gasteiger partial charge in [-0.2, -0.15) is 13.2 Å². The summed E-state index contributed by atoms with van der Waals surface area (Å²) in [7, 11) is 0. The largest absolute Gasteiger partial charge is 0.494 e. The molecule has 11 heteroatoms. The third-order valence-corrected chi connectivity index (χ3v) is 7.20. The van der Waals surface area contributed by atoms with Crippen molar-refractivity contribution < 1.29 is 22.6 Å². The summed E-state index contributed by atoms with van der Waals surface area (Å²) in [5.74, 6) is 2.03. The molecule has 0 atom stereocenters. The van der Waals surface area contributed by atoms with Crippen LogP contribution in [0.4, 0.5) is 18.9 Å². The quantitative estimate of drug-likeness (QED) is 0.235. The van der Waals surface area contributed by atoms with Gasteiger partial charge in [-0.3, -0.25) is 4.90 Å². The van der Waals surface area contributed by atoms with Crippen LogP contribution < -0.4 is 14.4 Å². The molecule has 214 valence electrons. The molecule has 6 rings (SSSR count). The molecule has 41 heavy (non-hydrogen) atoms. The van der Waals surface area contributed by atoms with Gasteiger partial charge in [0.05, 0.1) is 23.3 Å². The van der Waals surface area contributed by atoms with Crippen molar-refractivity contribution in [3.63, 3.8) is 0 Å². The van der Waals surface area contributed by atoms with E-state index >= 15 is 0 Å². The van der Waals surface area contributed by atoms with Crippen molar-refractivity contribution in [2.24, 2.45) is 0 Å². The van der Waals surface area contributed by atoms with Crippen molar-refractivity contribution in [1.29, 1.82) is 0 Å². The van der Waals surface area contributed by atoms with Crippen molar-refractivity contribution in [1.82, 2.24) is 24.8 Å². The van der Waals surface area contributed by atoms with Gasteiger partial charge in [0.1, 0.15) is 47.2 Å². The molecule has 3 aromatic carbocycles. The molecule has 0 aliphatic carbocycles. The Hall–Kier alpha value is -4.25. The highest BCUT2D eigenvalue weighted by molar-refractivity contribution is 5.91. The van der Waals surface area contributed by atoms with E-state index in [0.29, 0.717) is 36.5 Å². The summed E-state index contributed by atoms with van der Waals surface area (Å²) in [4.78, 5) is 19.9. The van der Waals surface area contributed by atoms with Gasteiger partial charge >= 0.3 is 6.18 Å². The Balaban J connectivity index is 1.06. The number of nitrogens with one attached hydrogen (secondary N) is 2. The highest BCUT2D eigenvalue weighted by Gasteiger charge is 2.29. The van der Waals surface area contributed by atoms with E-state index in [2.05, 4.69) is 30.8 Å². The number of imidazole rings is 2. The standard InChI is InChI=1S/C30H31F3N6O2/c1-2-40-21-11-9-20(10-12-21)29-35-22-5-3-7-24(27(22)37-29)39-15-13-38(14-16-39)17-18-41-25-8-4-6-23-28(25)36-26(34-23)19-30(31,32)33/h3-12H,2,13-19H2,1H3,(H,34,36)(H,35,37). The number of piperazine rings is 1. The van der Waals surface area contributed by atoms with Crippen molar-refractivity contribution in [3.05, 3.63) is 66.5 Å². The van der Waals surface area contributed by atoms with Gasteiger partial charge in [-0.05, 0) is 55.5 Å². The molecule has 1 fully saturated rings. The molecule has 3 heterocycles. The zero-order chi connectivity index (χ0) is 28.4. The lowest BCUT2D eigenvalue weighted by Crippen LogP contribution is -2.47. The predicted molar refractivity (Wildman–Crippen MR) is 153 cm³/mol. The molecule has 0 bridgehead atoms. The monoisotopic (exact) mass is 564 g/mol. The Bertz CT molecular complexity index is 1620. The molecule has 2 aromatic heterocycles. The van der Waals surface area contributed by atoms with Crippen LogP contribution in [-0.2, 0) is 6.42 Å². The highest BCUT2D eigenvalue weighted by atomic mass is 19.4. The molecule has 1 saturated heterocycles. The minimum Gasteiger partial charge on any atom is -0.494 e. The fourth-order valence-electron chi connectivity index (χ4n) is 5.23.